The van der Waals surface area contributed by atoms with Gasteiger partial charge >= 0.3 is 0 Å². The molecule has 0 saturated carbocycles. The number of fused-ring (bicyclic) bond motifs is 1. The van der Waals surface area contributed by atoms with Crippen molar-refractivity contribution in [2.75, 3.05) is 50.5 Å². The smallest absolute Gasteiger partial charge is 0.226 e. The van der Waals surface area contributed by atoms with Crippen LogP contribution in [-0.2, 0) is 0 Å². The summed E-state index contributed by atoms with van der Waals surface area (Å²) in [5.41, 5.74) is 0.780. The molecule has 0 spiro atoms. The lowest BCUT2D eigenvalue weighted by atomic mass is 10.3. The molecule has 0 bridgehead atoms. The van der Waals surface area contributed by atoms with Crippen LogP contribution >= 0.6 is 0 Å². The van der Waals surface area contributed by atoms with Gasteiger partial charge in [0, 0.05) is 26.2 Å². The van der Waals surface area contributed by atoms with Crippen molar-refractivity contribution in [2.24, 2.45) is 0 Å². The van der Waals surface area contributed by atoms with Crippen LogP contribution in [0.5, 0.6) is 0 Å². The highest BCUT2D eigenvalue weighted by molar-refractivity contribution is 5.87. The second kappa shape index (κ2) is 7.21. The molecule has 2 aromatic heterocycles. The average molecular weight is 291 g/mol. The highest BCUT2D eigenvalue weighted by Crippen LogP contribution is 2.24. The third kappa shape index (κ3) is 3.81. The maximum absolute atomic E-state index is 4.68. The first kappa shape index (κ1) is 15.5. The molecule has 0 aliphatic carbocycles. The molecule has 0 radical (unpaired) electrons. The minimum atomic E-state index is 0.648. The molecule has 7 heteroatoms. The van der Waals surface area contributed by atoms with Crippen molar-refractivity contribution in [1.29, 1.82) is 0 Å². The molecule has 0 saturated heterocycles. The molecular formula is C14H25N7. The van der Waals surface area contributed by atoms with E-state index in [4.69, 9.17) is 0 Å². The first-order valence-electron chi connectivity index (χ1n) is 7.50. The van der Waals surface area contributed by atoms with Crippen LogP contribution in [0.4, 0.5) is 11.8 Å². The number of hydrogen-bond acceptors (Lipinski definition) is 6. The monoisotopic (exact) mass is 291 g/mol. The highest BCUT2D eigenvalue weighted by Gasteiger charge is 2.15. The van der Waals surface area contributed by atoms with E-state index in [1.54, 1.807) is 6.20 Å². The lowest BCUT2D eigenvalue weighted by Crippen LogP contribution is -2.33. The Bertz CT molecular complexity index is 563. The Labute approximate surface area is 125 Å². The molecular weight excluding hydrogens is 266 g/mol. The molecule has 2 N–H and O–H groups in total. The van der Waals surface area contributed by atoms with E-state index >= 15 is 0 Å². The Balaban J connectivity index is 2.36. The lowest BCUT2D eigenvalue weighted by molar-refractivity contribution is 0.412. The standard InChI is InChI=1S/C14H25N7/c1-5-7-21(9-8-20(3)4)13-11-10-16-19-12(11)17-14(18-13)15-6-2/h10H,5-9H2,1-4H3,(H2,15,16,17,18,19). The van der Waals surface area contributed by atoms with Crippen molar-refractivity contribution in [3.8, 4) is 0 Å². The normalized spacial score (nSPS) is 11.3. The van der Waals surface area contributed by atoms with Gasteiger partial charge < -0.3 is 15.1 Å². The molecule has 21 heavy (non-hydrogen) atoms. The second-order valence-corrected chi connectivity index (χ2v) is 5.32. The zero-order valence-electron chi connectivity index (χ0n) is 13.3. The zero-order chi connectivity index (χ0) is 15.2. The van der Waals surface area contributed by atoms with E-state index in [1.807, 2.05) is 6.92 Å². The van der Waals surface area contributed by atoms with Crippen LogP contribution in [0.3, 0.4) is 0 Å². The molecule has 116 valence electrons. The average Bonchev–Trinajstić information content (AvgIpc) is 2.91. The van der Waals surface area contributed by atoms with Crippen LogP contribution in [0.25, 0.3) is 11.0 Å². The summed E-state index contributed by atoms with van der Waals surface area (Å²) in [5, 5.41) is 11.2. The van der Waals surface area contributed by atoms with Crippen LogP contribution in [0.1, 0.15) is 20.3 Å². The van der Waals surface area contributed by atoms with Gasteiger partial charge in [0.25, 0.3) is 0 Å². The Kier molecular flexibility index (Phi) is 5.32. The molecule has 0 unspecified atom stereocenters. The minimum Gasteiger partial charge on any atom is -0.355 e. The molecule has 2 rings (SSSR count). The third-order valence-electron chi connectivity index (χ3n) is 3.23. The molecule has 0 aliphatic heterocycles. The molecule has 2 aromatic rings. The van der Waals surface area contributed by atoms with Gasteiger partial charge in [-0.15, -0.1) is 0 Å². The summed E-state index contributed by atoms with van der Waals surface area (Å²) in [7, 11) is 4.17. The number of nitrogens with zero attached hydrogens (tertiary/aromatic N) is 5. The van der Waals surface area contributed by atoms with E-state index in [2.05, 4.69) is 56.3 Å². The van der Waals surface area contributed by atoms with Crippen LogP contribution in [0.15, 0.2) is 6.20 Å². The number of rotatable bonds is 8. The van der Waals surface area contributed by atoms with Gasteiger partial charge in [-0.05, 0) is 27.4 Å². The summed E-state index contributed by atoms with van der Waals surface area (Å²) >= 11 is 0. The Hall–Kier alpha value is -1.89. The third-order valence-corrected chi connectivity index (χ3v) is 3.23. The van der Waals surface area contributed by atoms with Crippen molar-refractivity contribution in [1.82, 2.24) is 25.1 Å². The summed E-state index contributed by atoms with van der Waals surface area (Å²) in [6, 6.07) is 0. The van der Waals surface area contributed by atoms with Gasteiger partial charge in [0.15, 0.2) is 5.65 Å². The van der Waals surface area contributed by atoms with E-state index < -0.39 is 0 Å². The van der Waals surface area contributed by atoms with E-state index in [0.29, 0.717) is 5.95 Å². The highest BCUT2D eigenvalue weighted by atomic mass is 15.3. The van der Waals surface area contributed by atoms with E-state index in [9.17, 15) is 0 Å². The number of aromatic nitrogens is 4. The summed E-state index contributed by atoms with van der Waals surface area (Å²) in [6.45, 7) is 7.91. The fourth-order valence-corrected chi connectivity index (χ4v) is 2.21. The Morgan fingerprint density at radius 3 is 2.62 bits per heavy atom. The second-order valence-electron chi connectivity index (χ2n) is 5.32. The summed E-state index contributed by atoms with van der Waals surface area (Å²) in [4.78, 5) is 13.6. The molecule has 0 amide bonds. The quantitative estimate of drug-likeness (QED) is 0.769. The van der Waals surface area contributed by atoms with Gasteiger partial charge in [-0.3, -0.25) is 5.10 Å². The number of likely N-dealkylation sites (N-methyl/N-ethyl adjacent to an activating group) is 1. The number of anilines is 2. The van der Waals surface area contributed by atoms with Crippen molar-refractivity contribution in [2.45, 2.75) is 20.3 Å². The van der Waals surface area contributed by atoms with Gasteiger partial charge in [0.2, 0.25) is 5.95 Å². The Morgan fingerprint density at radius 2 is 1.95 bits per heavy atom. The van der Waals surface area contributed by atoms with Gasteiger partial charge in [-0.25, -0.2) is 0 Å². The van der Waals surface area contributed by atoms with Crippen LogP contribution in [-0.4, -0.2) is 65.3 Å². The lowest BCUT2D eigenvalue weighted by Gasteiger charge is -2.25. The summed E-state index contributed by atoms with van der Waals surface area (Å²) in [6.07, 6.45) is 2.88. The van der Waals surface area contributed by atoms with E-state index in [1.165, 1.54) is 0 Å². The SMILES string of the molecule is CCCN(CCN(C)C)c1nc(NCC)nc2[nH]ncc12. The fourth-order valence-electron chi connectivity index (χ4n) is 2.21. The number of hydrogen-bond donors (Lipinski definition) is 2. The van der Waals surface area contributed by atoms with Crippen LogP contribution < -0.4 is 10.2 Å². The van der Waals surface area contributed by atoms with E-state index in [0.717, 1.165) is 49.5 Å². The van der Waals surface area contributed by atoms with Crippen molar-refractivity contribution in [3.63, 3.8) is 0 Å². The van der Waals surface area contributed by atoms with E-state index in [-0.39, 0.29) is 0 Å². The first-order valence-corrected chi connectivity index (χ1v) is 7.50. The molecule has 0 aromatic carbocycles. The van der Waals surface area contributed by atoms with Crippen molar-refractivity contribution in [3.05, 3.63) is 6.20 Å². The van der Waals surface area contributed by atoms with Gasteiger partial charge in [0.1, 0.15) is 5.82 Å². The number of aromatic amines is 1. The molecule has 2 heterocycles. The number of H-pyrrole nitrogens is 1. The molecule has 0 fully saturated rings. The number of nitrogens with one attached hydrogen (secondary N) is 2. The molecule has 0 aliphatic rings. The summed E-state index contributed by atoms with van der Waals surface area (Å²) < 4.78 is 0. The first-order chi connectivity index (χ1) is 10.2. The maximum atomic E-state index is 4.68. The largest absolute Gasteiger partial charge is 0.355 e. The van der Waals surface area contributed by atoms with Crippen molar-refractivity contribution < 1.29 is 0 Å². The predicted octanol–water partition coefficient (Wildman–Crippen LogP) is 1.56. The predicted molar refractivity (Wildman–Crippen MR) is 86.9 cm³/mol. The van der Waals surface area contributed by atoms with Crippen LogP contribution in [0, 0.1) is 0 Å². The maximum Gasteiger partial charge on any atom is 0.226 e. The van der Waals surface area contributed by atoms with Gasteiger partial charge in [-0.2, -0.15) is 15.1 Å². The zero-order valence-corrected chi connectivity index (χ0v) is 13.3. The minimum absolute atomic E-state index is 0.648. The summed E-state index contributed by atoms with van der Waals surface area (Å²) in [5.74, 6) is 1.60. The van der Waals surface area contributed by atoms with Crippen molar-refractivity contribution >= 4 is 22.8 Å². The topological polar surface area (TPSA) is 73.0 Å². The van der Waals surface area contributed by atoms with Gasteiger partial charge in [-0.1, -0.05) is 6.92 Å². The van der Waals surface area contributed by atoms with Crippen LogP contribution in [0.2, 0.25) is 0 Å². The molecule has 7 nitrogen and oxygen atoms in total. The molecule has 0 atom stereocenters. The fraction of sp³-hybridized carbons (Fsp3) is 0.643. The van der Waals surface area contributed by atoms with Gasteiger partial charge in [0.05, 0.1) is 11.6 Å². The Morgan fingerprint density at radius 1 is 1.14 bits per heavy atom.